The average molecular weight is 512 g/mol. The smallest absolute Gasteiger partial charge is 0.333 e. The van der Waals surface area contributed by atoms with Gasteiger partial charge in [0.05, 0.1) is 22.6 Å². The quantitative estimate of drug-likeness (QED) is 0.480. The van der Waals surface area contributed by atoms with Gasteiger partial charge in [0, 0.05) is 4.47 Å². The average Bonchev–Trinajstić information content (AvgIpc) is 2.79. The van der Waals surface area contributed by atoms with Crippen LogP contribution in [0.2, 0.25) is 0 Å². The van der Waals surface area contributed by atoms with E-state index in [2.05, 4.69) is 15.9 Å². The highest BCUT2D eigenvalue weighted by Crippen LogP contribution is 2.45. The number of carboxylic acids is 1. The van der Waals surface area contributed by atoms with Crippen LogP contribution in [0.5, 0.6) is 0 Å². The molecule has 32 heavy (non-hydrogen) atoms. The van der Waals surface area contributed by atoms with Gasteiger partial charge < -0.3 is 5.11 Å². The summed E-state index contributed by atoms with van der Waals surface area (Å²) in [5.41, 5.74) is 2.39. The zero-order valence-electron chi connectivity index (χ0n) is 17.4. The number of hydrogen-bond donors (Lipinski definition) is 1. The van der Waals surface area contributed by atoms with E-state index in [1.54, 1.807) is 54.6 Å². The summed E-state index contributed by atoms with van der Waals surface area (Å²) in [5.74, 6) is -1.13. The lowest BCUT2D eigenvalue weighted by Crippen LogP contribution is -2.42. The molecule has 7 heteroatoms. The molecule has 1 unspecified atom stereocenters. The molecule has 1 heterocycles. The van der Waals surface area contributed by atoms with Gasteiger partial charge in [0.1, 0.15) is 0 Å². The van der Waals surface area contributed by atoms with Crippen LogP contribution in [0.15, 0.2) is 99.9 Å². The molecule has 0 saturated carbocycles. The summed E-state index contributed by atoms with van der Waals surface area (Å²) < 4.78 is 30.2. The van der Waals surface area contributed by atoms with Crippen molar-refractivity contribution < 1.29 is 18.3 Å². The molecule has 0 spiro atoms. The fourth-order valence-corrected chi connectivity index (χ4v) is 6.27. The van der Waals surface area contributed by atoms with Crippen LogP contribution in [-0.4, -0.2) is 23.8 Å². The van der Waals surface area contributed by atoms with Crippen LogP contribution in [0.25, 0.3) is 0 Å². The molecule has 1 N–H and O–H groups in total. The Morgan fingerprint density at radius 1 is 0.969 bits per heavy atom. The second-order valence-electron chi connectivity index (χ2n) is 7.73. The molecule has 2 atom stereocenters. The first-order valence-corrected chi connectivity index (χ1v) is 12.4. The first-order valence-electron chi connectivity index (χ1n) is 10.1. The van der Waals surface area contributed by atoms with Gasteiger partial charge in [-0.25, -0.2) is 13.2 Å². The van der Waals surface area contributed by atoms with Gasteiger partial charge in [-0.05, 0) is 48.7 Å². The van der Waals surface area contributed by atoms with Crippen LogP contribution in [0.4, 0.5) is 0 Å². The third-order valence-corrected chi connectivity index (χ3v) is 7.99. The van der Waals surface area contributed by atoms with Gasteiger partial charge in [0.25, 0.3) is 0 Å². The number of halogens is 1. The second kappa shape index (κ2) is 9.02. The Hall–Kier alpha value is -2.74. The standard InChI is InChI=1S/C25H22BrNO4S/c1-17-10-12-21(13-11-17)32(30,31)27-23(19-8-5-9-20(26)16-19)15-14-22(25(28)29)24(27)18-6-3-2-4-7-18/h2-14,16,23-24H,15H2,1H3,(H,28,29)/t23?,24-/m0/s1. The molecule has 0 bridgehead atoms. The first-order chi connectivity index (χ1) is 15.3. The molecule has 1 aliphatic rings. The third kappa shape index (κ3) is 4.28. The monoisotopic (exact) mass is 511 g/mol. The molecule has 4 rings (SSSR count). The van der Waals surface area contributed by atoms with E-state index in [0.717, 1.165) is 15.6 Å². The highest BCUT2D eigenvalue weighted by atomic mass is 79.9. The van der Waals surface area contributed by atoms with Gasteiger partial charge in [-0.3, -0.25) is 0 Å². The number of benzene rings is 3. The number of aryl methyl sites for hydroxylation is 1. The van der Waals surface area contributed by atoms with Gasteiger partial charge in [-0.1, -0.05) is 82.2 Å². The highest BCUT2D eigenvalue weighted by molar-refractivity contribution is 9.10. The number of carboxylic acid groups (broad SMARTS) is 1. The summed E-state index contributed by atoms with van der Waals surface area (Å²) >= 11 is 3.47. The third-order valence-electron chi connectivity index (χ3n) is 5.61. The molecule has 0 aliphatic carbocycles. The Morgan fingerprint density at radius 3 is 2.25 bits per heavy atom. The highest BCUT2D eigenvalue weighted by Gasteiger charge is 2.44. The lowest BCUT2D eigenvalue weighted by atomic mass is 9.89. The normalized spacial score (nSPS) is 19.4. The molecular formula is C25H22BrNO4S. The van der Waals surface area contributed by atoms with Crippen LogP contribution in [0, 0.1) is 6.92 Å². The maximum atomic E-state index is 14.0. The fraction of sp³-hybridized carbons (Fsp3) is 0.160. The van der Waals surface area contributed by atoms with Gasteiger partial charge >= 0.3 is 5.97 Å². The summed E-state index contributed by atoms with van der Waals surface area (Å²) in [6, 6.07) is 21.5. The van der Waals surface area contributed by atoms with Gasteiger partial charge in [0.15, 0.2) is 0 Å². The molecular weight excluding hydrogens is 490 g/mol. The van der Waals surface area contributed by atoms with Crippen LogP contribution >= 0.6 is 15.9 Å². The summed E-state index contributed by atoms with van der Waals surface area (Å²) in [5, 5.41) is 9.96. The molecule has 1 aliphatic heterocycles. The maximum Gasteiger partial charge on any atom is 0.333 e. The molecule has 5 nitrogen and oxygen atoms in total. The minimum atomic E-state index is -4.04. The van der Waals surface area contributed by atoms with Crippen molar-refractivity contribution in [2.24, 2.45) is 0 Å². The Kier molecular flexibility index (Phi) is 6.33. The molecule has 0 fully saturated rings. The second-order valence-corrected chi connectivity index (χ2v) is 10.5. The number of carbonyl (C=O) groups is 1. The van der Waals surface area contributed by atoms with Crippen molar-refractivity contribution >= 4 is 31.9 Å². The van der Waals surface area contributed by atoms with E-state index in [1.165, 1.54) is 4.31 Å². The molecule has 0 radical (unpaired) electrons. The number of sulfonamides is 1. The molecule has 3 aromatic carbocycles. The first kappa shape index (κ1) is 22.5. The van der Waals surface area contributed by atoms with E-state index in [9.17, 15) is 18.3 Å². The molecule has 0 amide bonds. The van der Waals surface area contributed by atoms with Crippen LogP contribution in [-0.2, 0) is 14.8 Å². The van der Waals surface area contributed by atoms with Crippen LogP contribution < -0.4 is 0 Å². The number of rotatable bonds is 5. The molecule has 0 saturated heterocycles. The summed E-state index contributed by atoms with van der Waals surface area (Å²) in [4.78, 5) is 12.3. The Labute approximate surface area is 196 Å². The van der Waals surface area contributed by atoms with Crippen molar-refractivity contribution in [3.05, 3.63) is 112 Å². The van der Waals surface area contributed by atoms with Crippen molar-refractivity contribution in [2.45, 2.75) is 30.3 Å². The van der Waals surface area contributed by atoms with Crippen molar-refractivity contribution in [1.82, 2.24) is 4.31 Å². The molecule has 164 valence electrons. The lowest BCUT2D eigenvalue weighted by molar-refractivity contribution is -0.133. The van der Waals surface area contributed by atoms with E-state index in [0.29, 0.717) is 5.56 Å². The van der Waals surface area contributed by atoms with Crippen molar-refractivity contribution in [3.8, 4) is 0 Å². The maximum absolute atomic E-state index is 14.0. The zero-order chi connectivity index (χ0) is 22.9. The van der Waals surface area contributed by atoms with Crippen molar-refractivity contribution in [1.29, 1.82) is 0 Å². The fourth-order valence-electron chi connectivity index (χ4n) is 4.07. The van der Waals surface area contributed by atoms with E-state index >= 15 is 0 Å². The largest absolute Gasteiger partial charge is 0.478 e. The molecule has 0 aromatic heterocycles. The topological polar surface area (TPSA) is 74.7 Å². The van der Waals surface area contributed by atoms with Crippen LogP contribution in [0.3, 0.4) is 0 Å². The lowest BCUT2D eigenvalue weighted by Gasteiger charge is -2.40. The number of hydrogen-bond acceptors (Lipinski definition) is 3. The minimum absolute atomic E-state index is 0.0538. The van der Waals surface area contributed by atoms with Gasteiger partial charge in [0.2, 0.25) is 10.0 Å². The van der Waals surface area contributed by atoms with E-state index in [-0.39, 0.29) is 16.9 Å². The Morgan fingerprint density at radius 2 is 1.62 bits per heavy atom. The number of nitrogens with zero attached hydrogens (tertiary/aromatic N) is 1. The van der Waals surface area contributed by atoms with Crippen molar-refractivity contribution in [2.75, 3.05) is 0 Å². The van der Waals surface area contributed by atoms with E-state index in [1.807, 2.05) is 37.3 Å². The Bertz CT molecular complexity index is 1270. The zero-order valence-corrected chi connectivity index (χ0v) is 19.8. The minimum Gasteiger partial charge on any atom is -0.478 e. The van der Waals surface area contributed by atoms with Crippen LogP contribution in [0.1, 0.15) is 35.2 Å². The Balaban J connectivity index is 1.97. The predicted molar refractivity (Wildman–Crippen MR) is 127 cm³/mol. The summed E-state index contributed by atoms with van der Waals surface area (Å²) in [6.45, 7) is 1.89. The van der Waals surface area contributed by atoms with Crippen molar-refractivity contribution in [3.63, 3.8) is 0 Å². The summed E-state index contributed by atoms with van der Waals surface area (Å²) in [7, 11) is -4.04. The van der Waals surface area contributed by atoms with E-state index in [4.69, 9.17) is 0 Å². The van der Waals surface area contributed by atoms with Gasteiger partial charge in [-0.15, -0.1) is 0 Å². The number of aliphatic carboxylic acids is 1. The molecule has 3 aromatic rings. The summed E-state index contributed by atoms with van der Waals surface area (Å²) in [6.07, 6.45) is 1.90. The SMILES string of the molecule is Cc1ccc(S(=O)(=O)N2C(c3cccc(Br)c3)CC=C(C(=O)O)[C@@H]2c2ccccc2)cc1. The van der Waals surface area contributed by atoms with Gasteiger partial charge in [-0.2, -0.15) is 4.31 Å². The predicted octanol–water partition coefficient (Wildman–Crippen LogP) is 5.65. The van der Waals surface area contributed by atoms with E-state index < -0.39 is 28.1 Å².